The van der Waals surface area contributed by atoms with E-state index in [2.05, 4.69) is 0 Å². The number of carbonyl (C=O) groups excluding carboxylic acids is 5. The third-order valence-electron chi connectivity index (χ3n) is 11.6. The van der Waals surface area contributed by atoms with Gasteiger partial charge in [0.2, 0.25) is 5.78 Å². The average Bonchev–Trinajstić information content (AvgIpc) is 3.09. The van der Waals surface area contributed by atoms with Gasteiger partial charge in [0.1, 0.15) is 30.5 Å². The van der Waals surface area contributed by atoms with Crippen molar-refractivity contribution in [3.8, 4) is 0 Å². The van der Waals surface area contributed by atoms with E-state index < -0.39 is 93.9 Å². The summed E-state index contributed by atoms with van der Waals surface area (Å²) < 4.78 is 35.5. The van der Waals surface area contributed by atoms with Crippen molar-refractivity contribution in [3.05, 3.63) is 83.1 Å². The van der Waals surface area contributed by atoms with Crippen LogP contribution in [0.2, 0.25) is 0 Å². The Kier molecular flexibility index (Phi) is 9.60. The van der Waals surface area contributed by atoms with E-state index in [0.717, 1.165) is 6.92 Å². The summed E-state index contributed by atoms with van der Waals surface area (Å²) in [6.07, 6.45) is -7.13. The van der Waals surface area contributed by atoms with Gasteiger partial charge in [0.25, 0.3) is 0 Å². The second-order valence-corrected chi connectivity index (χ2v) is 14.9. The minimum absolute atomic E-state index is 0.105. The molecule has 278 valence electrons. The fraction of sp³-hybridized carbons (Fsp3) is 0.513. The monoisotopic (exact) mass is 720 g/mol. The molecule has 2 saturated carbocycles. The van der Waals surface area contributed by atoms with Gasteiger partial charge in [0.15, 0.2) is 11.4 Å². The lowest BCUT2D eigenvalue weighted by Crippen LogP contribution is -2.81. The van der Waals surface area contributed by atoms with E-state index in [-0.39, 0.29) is 37.2 Å². The maximum Gasteiger partial charge on any atom is 0.508 e. The third kappa shape index (κ3) is 5.88. The Morgan fingerprint density at radius 3 is 2.13 bits per heavy atom. The standard InChI is InChI=1S/C39H44O13/c1-21-26(42)18-39(46)33(51-34(44)25-15-11-8-12-16-25)31-37(6,32(43)30(49-22(2)40)29(21)36(39,4)5)27(17-28-38(31,20-48-28)52-23(3)41)50-35(45)47-19-24-13-9-7-10-14-24/h7-16,21,26-28,31,33,42,46H,17-20H2,1-6H3/t21?,26-,27-,28+,31?,33-,37+,38-,39+/m0/s1. The highest BCUT2D eigenvalue weighted by molar-refractivity contribution is 6.02. The Bertz CT molecular complexity index is 1790. The number of fused-ring (bicyclic) bond motifs is 5. The first kappa shape index (κ1) is 37.2. The molecule has 1 heterocycles. The average molecular weight is 721 g/mol. The van der Waals surface area contributed by atoms with Crippen LogP contribution in [0.1, 0.15) is 70.3 Å². The molecule has 0 amide bonds. The quantitative estimate of drug-likeness (QED) is 0.307. The molecular weight excluding hydrogens is 676 g/mol. The Morgan fingerprint density at radius 1 is 0.923 bits per heavy atom. The molecule has 1 aliphatic heterocycles. The zero-order valence-electron chi connectivity index (χ0n) is 30.0. The Labute approximate surface area is 301 Å². The van der Waals surface area contributed by atoms with Gasteiger partial charge in [-0.1, -0.05) is 69.3 Å². The lowest BCUT2D eigenvalue weighted by molar-refractivity contribution is -0.345. The minimum atomic E-state index is -2.21. The van der Waals surface area contributed by atoms with Crippen LogP contribution in [0.15, 0.2) is 72.0 Å². The Hall–Kier alpha value is -4.59. The largest absolute Gasteiger partial charge is 0.508 e. The maximum absolute atomic E-state index is 15.5. The number of aliphatic hydroxyl groups is 2. The van der Waals surface area contributed by atoms with Crippen LogP contribution in [-0.4, -0.2) is 82.3 Å². The summed E-state index contributed by atoms with van der Waals surface area (Å²) in [6, 6.07) is 16.8. The SMILES string of the molecule is CC(=O)OC1=C2C(C)[C@@H](O)C[C@@](O)([C@@H](OC(=O)c3ccccc3)C3[C@](C)(C1=O)[C@@H](OC(=O)OCc1ccccc1)C[C@H]1OC[C@@]31OC(C)=O)C2(C)C. The number of hydrogen-bond donors (Lipinski definition) is 2. The third-order valence-corrected chi connectivity index (χ3v) is 11.6. The molecular formula is C39H44O13. The predicted octanol–water partition coefficient (Wildman–Crippen LogP) is 4.22. The van der Waals surface area contributed by atoms with E-state index >= 15 is 4.79 Å². The molecule has 1 saturated heterocycles. The molecule has 0 radical (unpaired) electrons. The molecule has 3 fully saturated rings. The predicted molar refractivity (Wildman–Crippen MR) is 180 cm³/mol. The molecule has 3 aliphatic carbocycles. The smallest absolute Gasteiger partial charge is 0.455 e. The van der Waals surface area contributed by atoms with E-state index in [1.54, 1.807) is 69.3 Å². The van der Waals surface area contributed by atoms with Crippen LogP contribution in [-0.2, 0) is 49.4 Å². The molecule has 2 unspecified atom stereocenters. The molecule has 13 nitrogen and oxygen atoms in total. The number of ketones is 1. The van der Waals surface area contributed by atoms with E-state index in [0.29, 0.717) is 5.56 Å². The summed E-state index contributed by atoms with van der Waals surface area (Å²) >= 11 is 0. The van der Waals surface area contributed by atoms with E-state index in [4.69, 9.17) is 28.4 Å². The number of carbonyl (C=O) groups is 5. The van der Waals surface area contributed by atoms with Crippen LogP contribution >= 0.6 is 0 Å². The number of aliphatic hydroxyl groups excluding tert-OH is 1. The number of rotatable bonds is 7. The van der Waals surface area contributed by atoms with Crippen molar-refractivity contribution >= 4 is 29.8 Å². The molecule has 0 aromatic heterocycles. The van der Waals surface area contributed by atoms with E-state index in [1.165, 1.54) is 26.0 Å². The summed E-state index contributed by atoms with van der Waals surface area (Å²) in [6.45, 7) is 8.16. The fourth-order valence-electron chi connectivity index (χ4n) is 8.91. The molecule has 9 atom stereocenters. The van der Waals surface area contributed by atoms with Crippen LogP contribution in [0.3, 0.4) is 0 Å². The van der Waals surface area contributed by atoms with Gasteiger partial charge in [-0.2, -0.15) is 0 Å². The van der Waals surface area contributed by atoms with Crippen molar-refractivity contribution in [1.29, 1.82) is 0 Å². The molecule has 4 aliphatic rings. The van der Waals surface area contributed by atoms with Crippen molar-refractivity contribution in [2.75, 3.05) is 6.61 Å². The summed E-state index contributed by atoms with van der Waals surface area (Å²) in [5, 5.41) is 24.7. The normalized spacial score (nSPS) is 34.6. The zero-order chi connectivity index (χ0) is 37.8. The van der Waals surface area contributed by atoms with Gasteiger partial charge in [-0.3, -0.25) is 14.4 Å². The number of allylic oxidation sites excluding steroid dienone is 1. The zero-order valence-corrected chi connectivity index (χ0v) is 30.0. The highest BCUT2D eigenvalue weighted by atomic mass is 16.7. The molecule has 2 bridgehead atoms. The van der Waals surface area contributed by atoms with Crippen molar-refractivity contribution in [1.82, 2.24) is 0 Å². The summed E-state index contributed by atoms with van der Waals surface area (Å²) in [5.74, 6) is -6.11. The first-order chi connectivity index (χ1) is 24.5. The van der Waals surface area contributed by atoms with E-state index in [1.807, 2.05) is 0 Å². The first-order valence-corrected chi connectivity index (χ1v) is 17.3. The van der Waals surface area contributed by atoms with E-state index in [9.17, 15) is 29.4 Å². The molecule has 2 aromatic carbocycles. The highest BCUT2D eigenvalue weighted by Gasteiger charge is 2.78. The highest BCUT2D eigenvalue weighted by Crippen LogP contribution is 2.65. The summed E-state index contributed by atoms with van der Waals surface area (Å²) in [7, 11) is 0. The molecule has 13 heteroatoms. The number of benzene rings is 2. The molecule has 6 rings (SSSR count). The van der Waals surface area contributed by atoms with Crippen molar-refractivity contribution < 1.29 is 62.6 Å². The maximum atomic E-state index is 15.5. The minimum Gasteiger partial charge on any atom is -0.455 e. The van der Waals surface area contributed by atoms with Gasteiger partial charge in [0.05, 0.1) is 29.6 Å². The van der Waals surface area contributed by atoms with Crippen LogP contribution in [0.5, 0.6) is 0 Å². The van der Waals surface area contributed by atoms with Gasteiger partial charge >= 0.3 is 24.1 Å². The molecule has 2 N–H and O–H groups in total. The van der Waals surface area contributed by atoms with Crippen LogP contribution in [0.4, 0.5) is 4.79 Å². The van der Waals surface area contributed by atoms with Crippen LogP contribution < -0.4 is 0 Å². The van der Waals surface area contributed by atoms with Gasteiger partial charge in [0, 0.05) is 38.0 Å². The molecule has 52 heavy (non-hydrogen) atoms. The number of Topliss-reactive ketones (excluding diaryl/α,β-unsaturated/α-hetero) is 1. The van der Waals surface area contributed by atoms with Crippen LogP contribution in [0.25, 0.3) is 0 Å². The summed E-state index contributed by atoms with van der Waals surface area (Å²) in [4.78, 5) is 68.6. The summed E-state index contributed by atoms with van der Waals surface area (Å²) in [5.41, 5.74) is -6.58. The van der Waals surface area contributed by atoms with Crippen molar-refractivity contribution in [3.63, 3.8) is 0 Å². The van der Waals surface area contributed by atoms with Gasteiger partial charge < -0.3 is 38.6 Å². The topological polar surface area (TPSA) is 181 Å². The fourth-order valence-corrected chi connectivity index (χ4v) is 8.91. The van der Waals surface area contributed by atoms with Crippen LogP contribution in [0, 0.1) is 22.7 Å². The lowest BCUT2D eigenvalue weighted by atomic mass is 9.45. The Balaban J connectivity index is 1.60. The first-order valence-electron chi connectivity index (χ1n) is 17.3. The van der Waals surface area contributed by atoms with Gasteiger partial charge in [-0.05, 0) is 30.2 Å². The molecule has 2 aromatic rings. The second kappa shape index (κ2) is 13.4. The van der Waals surface area contributed by atoms with Crippen molar-refractivity contribution in [2.24, 2.45) is 22.7 Å². The number of ether oxygens (including phenoxy) is 6. The number of esters is 3. The number of hydrogen-bond acceptors (Lipinski definition) is 13. The van der Waals surface area contributed by atoms with Crippen molar-refractivity contribution in [2.45, 2.75) is 96.6 Å². The van der Waals surface area contributed by atoms with Gasteiger partial charge in [-0.15, -0.1) is 0 Å². The molecule has 0 spiro atoms. The Morgan fingerprint density at radius 2 is 1.56 bits per heavy atom. The second-order valence-electron chi connectivity index (χ2n) is 14.9. The lowest BCUT2D eigenvalue weighted by Gasteiger charge is -2.67. The van der Waals surface area contributed by atoms with Gasteiger partial charge in [-0.25, -0.2) is 9.59 Å².